The molecule has 1 N–H and O–H groups in total. The number of amides is 3. The molecule has 1 aliphatic heterocycles. The van der Waals surface area contributed by atoms with Gasteiger partial charge in [-0.15, -0.1) is 0 Å². The fourth-order valence-electron chi connectivity index (χ4n) is 3.27. The third kappa shape index (κ3) is 5.12. The SMILES string of the molecule is CC(C)(C)CC(=O)N(CCN1CCNC1=O)Cc1ccnn1-c1ccccc1. The Morgan fingerprint density at radius 3 is 2.61 bits per heavy atom. The van der Waals surface area contributed by atoms with Gasteiger partial charge in [0.1, 0.15) is 0 Å². The van der Waals surface area contributed by atoms with E-state index in [0.29, 0.717) is 39.1 Å². The zero-order chi connectivity index (χ0) is 20.1. The number of nitrogens with one attached hydrogen (secondary N) is 1. The lowest BCUT2D eigenvalue weighted by atomic mass is 9.91. The summed E-state index contributed by atoms with van der Waals surface area (Å²) in [4.78, 5) is 28.4. The average molecular weight is 383 g/mol. The lowest BCUT2D eigenvalue weighted by molar-refractivity contribution is -0.134. The molecule has 2 heterocycles. The normalized spacial score (nSPS) is 14.2. The van der Waals surface area contributed by atoms with Crippen LogP contribution in [-0.2, 0) is 11.3 Å². The van der Waals surface area contributed by atoms with E-state index in [9.17, 15) is 9.59 Å². The third-order valence-corrected chi connectivity index (χ3v) is 4.69. The molecule has 1 aromatic heterocycles. The Labute approximate surface area is 166 Å². The van der Waals surface area contributed by atoms with Crippen molar-refractivity contribution in [2.75, 3.05) is 26.2 Å². The Balaban J connectivity index is 1.76. The Bertz CT molecular complexity index is 810. The van der Waals surface area contributed by atoms with Crippen molar-refractivity contribution in [1.82, 2.24) is 24.9 Å². The first-order chi connectivity index (χ1) is 13.3. The number of rotatable bonds is 7. The Morgan fingerprint density at radius 2 is 1.96 bits per heavy atom. The van der Waals surface area contributed by atoms with Crippen molar-refractivity contribution in [3.8, 4) is 5.69 Å². The highest BCUT2D eigenvalue weighted by Crippen LogP contribution is 2.21. The number of carbonyl (C=O) groups is 2. The van der Waals surface area contributed by atoms with Gasteiger partial charge in [0.25, 0.3) is 0 Å². The second kappa shape index (κ2) is 8.46. The molecule has 0 atom stereocenters. The predicted molar refractivity (Wildman–Crippen MR) is 108 cm³/mol. The van der Waals surface area contributed by atoms with Crippen LogP contribution in [0.25, 0.3) is 5.69 Å². The quantitative estimate of drug-likeness (QED) is 0.799. The van der Waals surface area contributed by atoms with Crippen molar-refractivity contribution < 1.29 is 9.59 Å². The monoisotopic (exact) mass is 383 g/mol. The molecule has 0 bridgehead atoms. The number of nitrogens with zero attached hydrogens (tertiary/aromatic N) is 4. The van der Waals surface area contributed by atoms with Crippen LogP contribution >= 0.6 is 0 Å². The number of hydrogen-bond donors (Lipinski definition) is 1. The summed E-state index contributed by atoms with van der Waals surface area (Å²) < 4.78 is 1.86. The third-order valence-electron chi connectivity index (χ3n) is 4.69. The van der Waals surface area contributed by atoms with Crippen LogP contribution in [0, 0.1) is 5.41 Å². The van der Waals surface area contributed by atoms with Gasteiger partial charge in [-0.2, -0.15) is 5.10 Å². The van der Waals surface area contributed by atoms with Gasteiger partial charge in [0.2, 0.25) is 5.91 Å². The minimum atomic E-state index is -0.0972. The molecule has 0 saturated carbocycles. The van der Waals surface area contributed by atoms with E-state index in [4.69, 9.17) is 0 Å². The first kappa shape index (κ1) is 19.9. The van der Waals surface area contributed by atoms with Crippen LogP contribution < -0.4 is 5.32 Å². The molecule has 2 aromatic rings. The minimum Gasteiger partial charge on any atom is -0.336 e. The van der Waals surface area contributed by atoms with Crippen LogP contribution in [0.4, 0.5) is 4.79 Å². The summed E-state index contributed by atoms with van der Waals surface area (Å²) in [6, 6.07) is 11.8. The molecule has 7 heteroatoms. The smallest absolute Gasteiger partial charge is 0.317 e. The molecular formula is C21H29N5O2. The molecule has 0 radical (unpaired) electrons. The second-order valence-electron chi connectivity index (χ2n) is 8.34. The first-order valence-corrected chi connectivity index (χ1v) is 9.72. The summed E-state index contributed by atoms with van der Waals surface area (Å²) in [5, 5.41) is 7.23. The second-order valence-corrected chi connectivity index (χ2v) is 8.34. The number of benzene rings is 1. The molecule has 0 spiro atoms. The van der Waals surface area contributed by atoms with Crippen molar-refractivity contribution >= 4 is 11.9 Å². The summed E-state index contributed by atoms with van der Waals surface area (Å²) in [6.45, 7) is 9.02. The van der Waals surface area contributed by atoms with Crippen molar-refractivity contribution in [3.05, 3.63) is 48.3 Å². The average Bonchev–Trinajstić information content (AvgIpc) is 3.26. The van der Waals surface area contributed by atoms with Gasteiger partial charge in [-0.3, -0.25) is 4.79 Å². The maximum Gasteiger partial charge on any atom is 0.317 e. The topological polar surface area (TPSA) is 70.5 Å². The van der Waals surface area contributed by atoms with Crippen molar-refractivity contribution in [3.63, 3.8) is 0 Å². The lowest BCUT2D eigenvalue weighted by Crippen LogP contribution is -2.41. The van der Waals surface area contributed by atoms with Gasteiger partial charge in [0.05, 0.1) is 17.9 Å². The van der Waals surface area contributed by atoms with E-state index in [1.54, 1.807) is 11.1 Å². The van der Waals surface area contributed by atoms with Gasteiger partial charge in [0.15, 0.2) is 0 Å². The van der Waals surface area contributed by atoms with E-state index in [1.807, 2.05) is 46.0 Å². The van der Waals surface area contributed by atoms with Crippen molar-refractivity contribution in [2.24, 2.45) is 5.41 Å². The molecule has 1 saturated heterocycles. The molecule has 28 heavy (non-hydrogen) atoms. The molecule has 1 fully saturated rings. The highest BCUT2D eigenvalue weighted by atomic mass is 16.2. The summed E-state index contributed by atoms with van der Waals surface area (Å²) in [6.07, 6.45) is 2.21. The Kier molecular flexibility index (Phi) is 6.02. The van der Waals surface area contributed by atoms with Gasteiger partial charge in [-0.05, 0) is 23.6 Å². The summed E-state index contributed by atoms with van der Waals surface area (Å²) >= 11 is 0. The highest BCUT2D eigenvalue weighted by Gasteiger charge is 2.25. The maximum atomic E-state index is 13.0. The molecule has 3 rings (SSSR count). The zero-order valence-corrected chi connectivity index (χ0v) is 16.9. The minimum absolute atomic E-state index is 0.0578. The fourth-order valence-corrected chi connectivity index (χ4v) is 3.27. The van der Waals surface area contributed by atoms with Crippen molar-refractivity contribution in [1.29, 1.82) is 0 Å². The van der Waals surface area contributed by atoms with Crippen LogP contribution in [0.5, 0.6) is 0 Å². The number of para-hydroxylation sites is 1. The molecule has 150 valence electrons. The highest BCUT2D eigenvalue weighted by molar-refractivity contribution is 5.77. The molecule has 3 amide bonds. The predicted octanol–water partition coefficient (Wildman–Crippen LogP) is 2.66. The number of hydrogen-bond acceptors (Lipinski definition) is 3. The van der Waals surface area contributed by atoms with E-state index >= 15 is 0 Å². The fraction of sp³-hybridized carbons (Fsp3) is 0.476. The van der Waals surface area contributed by atoms with Gasteiger partial charge >= 0.3 is 6.03 Å². The van der Waals surface area contributed by atoms with E-state index in [0.717, 1.165) is 11.4 Å². The summed E-state index contributed by atoms with van der Waals surface area (Å²) in [7, 11) is 0. The maximum absolute atomic E-state index is 13.0. The van der Waals surface area contributed by atoms with Crippen LogP contribution in [0.3, 0.4) is 0 Å². The van der Waals surface area contributed by atoms with E-state index in [1.165, 1.54) is 0 Å². The number of carbonyl (C=O) groups excluding carboxylic acids is 2. The number of aromatic nitrogens is 2. The van der Waals surface area contributed by atoms with Gasteiger partial charge in [-0.25, -0.2) is 9.48 Å². The van der Waals surface area contributed by atoms with Crippen LogP contribution in [0.15, 0.2) is 42.6 Å². The van der Waals surface area contributed by atoms with Crippen molar-refractivity contribution in [2.45, 2.75) is 33.7 Å². The molecule has 0 unspecified atom stereocenters. The van der Waals surface area contributed by atoms with Crippen LogP contribution in [-0.4, -0.2) is 57.7 Å². The molecule has 1 aliphatic rings. The Hall–Kier alpha value is -2.83. The van der Waals surface area contributed by atoms with E-state index in [2.05, 4.69) is 31.2 Å². The number of urea groups is 1. The van der Waals surface area contributed by atoms with E-state index < -0.39 is 0 Å². The van der Waals surface area contributed by atoms with E-state index in [-0.39, 0.29) is 17.4 Å². The summed E-state index contributed by atoms with van der Waals surface area (Å²) in [5.74, 6) is 0.0907. The van der Waals surface area contributed by atoms with Gasteiger partial charge in [-0.1, -0.05) is 39.0 Å². The molecular weight excluding hydrogens is 354 g/mol. The summed E-state index contributed by atoms with van der Waals surface area (Å²) in [5.41, 5.74) is 1.81. The van der Waals surface area contributed by atoms with Crippen LogP contribution in [0.1, 0.15) is 32.9 Å². The first-order valence-electron chi connectivity index (χ1n) is 9.72. The van der Waals surface area contributed by atoms with Gasteiger partial charge < -0.3 is 15.1 Å². The Morgan fingerprint density at radius 1 is 1.21 bits per heavy atom. The van der Waals surface area contributed by atoms with Gasteiger partial charge in [0, 0.05) is 38.8 Å². The van der Waals surface area contributed by atoms with Crippen LogP contribution in [0.2, 0.25) is 0 Å². The molecule has 0 aliphatic carbocycles. The zero-order valence-electron chi connectivity index (χ0n) is 16.9. The largest absolute Gasteiger partial charge is 0.336 e. The molecule has 1 aromatic carbocycles. The standard InChI is InChI=1S/C21H29N5O2/c1-21(2,3)15-19(27)25(14-13-24-12-11-22-20(24)28)16-18-9-10-23-26(18)17-7-5-4-6-8-17/h4-10H,11-16H2,1-3H3,(H,22,28). The molecule has 7 nitrogen and oxygen atoms in total. The lowest BCUT2D eigenvalue weighted by Gasteiger charge is -2.28.